The average molecular weight is 392 g/mol. The van der Waals surface area contributed by atoms with Crippen molar-refractivity contribution in [2.24, 2.45) is 14.1 Å². The van der Waals surface area contributed by atoms with Crippen molar-refractivity contribution in [2.75, 3.05) is 7.05 Å². The fraction of sp³-hybridized carbons (Fsp3) is 0.286. The lowest BCUT2D eigenvalue weighted by atomic mass is 10.2. The molecule has 0 N–H and O–H groups in total. The van der Waals surface area contributed by atoms with Crippen molar-refractivity contribution in [2.45, 2.75) is 11.4 Å². The molecule has 0 unspecified atom stereocenters. The van der Waals surface area contributed by atoms with Crippen molar-refractivity contribution in [1.29, 1.82) is 0 Å². The molecule has 7 nitrogen and oxygen atoms in total. The van der Waals surface area contributed by atoms with Gasteiger partial charge < -0.3 is 4.57 Å². The Morgan fingerprint density at radius 1 is 1.17 bits per heavy atom. The molecular weight excluding hydrogens is 377 g/mol. The second kappa shape index (κ2) is 6.72. The van der Waals surface area contributed by atoms with Gasteiger partial charge in [0.15, 0.2) is 4.90 Å². The standard InChI is InChI=1S/C14H15Cl2N3O4S/c1-17-8-11(13(20)19(3)14(17)21)24(22,23)18(2)7-9-5-4-6-10(15)12(9)16/h4-6,8H,7H2,1-3H3. The second-order valence-corrected chi connectivity index (χ2v) is 8.02. The Morgan fingerprint density at radius 3 is 2.42 bits per heavy atom. The Kier molecular flexibility index (Phi) is 5.24. The van der Waals surface area contributed by atoms with Crippen LogP contribution in [0.1, 0.15) is 5.56 Å². The molecule has 1 aromatic carbocycles. The number of hydrogen-bond donors (Lipinski definition) is 0. The van der Waals surface area contributed by atoms with Crippen LogP contribution in [0.25, 0.3) is 0 Å². The monoisotopic (exact) mass is 391 g/mol. The van der Waals surface area contributed by atoms with E-state index in [9.17, 15) is 18.0 Å². The van der Waals surface area contributed by atoms with Crippen LogP contribution in [-0.2, 0) is 30.7 Å². The smallest absolute Gasteiger partial charge is 0.302 e. The first-order valence-corrected chi connectivity index (χ1v) is 8.93. The zero-order chi connectivity index (χ0) is 18.2. The van der Waals surface area contributed by atoms with Gasteiger partial charge in [0.05, 0.1) is 10.0 Å². The quantitative estimate of drug-likeness (QED) is 0.784. The van der Waals surface area contributed by atoms with Gasteiger partial charge in [0.2, 0.25) is 10.0 Å². The number of aryl methyl sites for hydroxylation is 1. The first-order valence-electron chi connectivity index (χ1n) is 6.73. The predicted octanol–water partition coefficient (Wildman–Crippen LogP) is 1.21. The number of nitrogens with zero attached hydrogens (tertiary/aromatic N) is 3. The summed E-state index contributed by atoms with van der Waals surface area (Å²) in [7, 11) is -0.215. The van der Waals surface area contributed by atoms with E-state index in [1.54, 1.807) is 18.2 Å². The van der Waals surface area contributed by atoms with Gasteiger partial charge >= 0.3 is 5.69 Å². The lowest BCUT2D eigenvalue weighted by Crippen LogP contribution is -2.41. The normalized spacial score (nSPS) is 11.9. The molecule has 0 spiro atoms. The average Bonchev–Trinajstić information content (AvgIpc) is 2.53. The minimum atomic E-state index is -4.12. The fourth-order valence-corrected chi connectivity index (χ4v) is 3.79. The van der Waals surface area contributed by atoms with Gasteiger partial charge in [0.1, 0.15) is 0 Å². The molecule has 2 rings (SSSR count). The highest BCUT2D eigenvalue weighted by molar-refractivity contribution is 7.89. The largest absolute Gasteiger partial charge is 0.330 e. The molecule has 130 valence electrons. The van der Waals surface area contributed by atoms with Crippen LogP contribution in [0.3, 0.4) is 0 Å². The Balaban J connectivity index is 2.50. The molecule has 1 aromatic heterocycles. The van der Waals surface area contributed by atoms with Crippen molar-refractivity contribution in [3.63, 3.8) is 0 Å². The van der Waals surface area contributed by atoms with Crippen LogP contribution in [0, 0.1) is 0 Å². The van der Waals surface area contributed by atoms with Crippen LogP contribution in [0.4, 0.5) is 0 Å². The maximum atomic E-state index is 12.7. The zero-order valence-electron chi connectivity index (χ0n) is 13.2. The molecule has 0 radical (unpaired) electrons. The van der Waals surface area contributed by atoms with E-state index in [-0.39, 0.29) is 11.6 Å². The van der Waals surface area contributed by atoms with Gasteiger partial charge in [-0.3, -0.25) is 9.36 Å². The molecule has 0 aliphatic heterocycles. The molecule has 0 atom stereocenters. The van der Waals surface area contributed by atoms with E-state index in [0.29, 0.717) is 10.6 Å². The van der Waals surface area contributed by atoms with Gasteiger partial charge in [-0.25, -0.2) is 13.2 Å². The van der Waals surface area contributed by atoms with E-state index in [4.69, 9.17) is 23.2 Å². The SMILES string of the molecule is CN(Cc1cccc(Cl)c1Cl)S(=O)(=O)c1cn(C)c(=O)n(C)c1=O. The summed E-state index contributed by atoms with van der Waals surface area (Å²) in [6.45, 7) is -0.0757. The summed E-state index contributed by atoms with van der Waals surface area (Å²) in [4.78, 5) is 23.4. The molecule has 2 aromatic rings. The molecule has 0 amide bonds. The molecule has 0 fully saturated rings. The first-order chi connectivity index (χ1) is 11.1. The minimum Gasteiger partial charge on any atom is -0.302 e. The maximum Gasteiger partial charge on any atom is 0.330 e. The van der Waals surface area contributed by atoms with Gasteiger partial charge in [-0.05, 0) is 11.6 Å². The number of halogens is 2. The lowest BCUT2D eigenvalue weighted by Gasteiger charge is -2.18. The molecular formula is C14H15Cl2N3O4S. The minimum absolute atomic E-state index is 0.0757. The summed E-state index contributed by atoms with van der Waals surface area (Å²) in [6.07, 6.45) is 1.01. The molecule has 24 heavy (non-hydrogen) atoms. The van der Waals surface area contributed by atoms with E-state index < -0.39 is 26.2 Å². The third-order valence-electron chi connectivity index (χ3n) is 3.53. The van der Waals surface area contributed by atoms with E-state index in [2.05, 4.69) is 0 Å². The van der Waals surface area contributed by atoms with E-state index in [1.165, 1.54) is 21.1 Å². The molecule has 1 heterocycles. The third-order valence-corrected chi connectivity index (χ3v) is 6.17. The summed E-state index contributed by atoms with van der Waals surface area (Å²) < 4.78 is 28.1. The summed E-state index contributed by atoms with van der Waals surface area (Å²) >= 11 is 12.0. The number of hydrogen-bond acceptors (Lipinski definition) is 4. The molecule has 0 aliphatic rings. The Bertz CT molecular complexity index is 1010. The highest BCUT2D eigenvalue weighted by atomic mass is 35.5. The van der Waals surface area contributed by atoms with Crippen molar-refractivity contribution in [1.82, 2.24) is 13.4 Å². The first kappa shape index (κ1) is 18.7. The van der Waals surface area contributed by atoms with Gasteiger partial charge in [0.25, 0.3) is 5.56 Å². The van der Waals surface area contributed by atoms with Crippen LogP contribution < -0.4 is 11.2 Å². The molecule has 0 bridgehead atoms. The van der Waals surface area contributed by atoms with Crippen molar-refractivity contribution >= 4 is 33.2 Å². The van der Waals surface area contributed by atoms with E-state index in [0.717, 1.165) is 19.6 Å². The van der Waals surface area contributed by atoms with Gasteiger partial charge in [-0.2, -0.15) is 4.31 Å². The van der Waals surface area contributed by atoms with E-state index >= 15 is 0 Å². The maximum absolute atomic E-state index is 12.7. The fourth-order valence-electron chi connectivity index (χ4n) is 2.12. The molecule has 0 saturated carbocycles. The van der Waals surface area contributed by atoms with Crippen LogP contribution >= 0.6 is 23.2 Å². The Labute approximate surface area is 148 Å². The molecule has 0 saturated heterocycles. The van der Waals surface area contributed by atoms with Crippen LogP contribution in [-0.4, -0.2) is 28.9 Å². The molecule has 10 heteroatoms. The Morgan fingerprint density at radius 2 is 1.79 bits per heavy atom. The third kappa shape index (κ3) is 3.27. The van der Waals surface area contributed by atoms with Crippen LogP contribution in [0.2, 0.25) is 10.0 Å². The van der Waals surface area contributed by atoms with Gasteiger partial charge in [-0.15, -0.1) is 0 Å². The highest BCUT2D eigenvalue weighted by Crippen LogP contribution is 2.27. The number of aromatic nitrogens is 2. The van der Waals surface area contributed by atoms with Crippen molar-refractivity contribution < 1.29 is 8.42 Å². The van der Waals surface area contributed by atoms with Crippen molar-refractivity contribution in [3.8, 4) is 0 Å². The Hall–Kier alpha value is -1.61. The summed E-state index contributed by atoms with van der Waals surface area (Å²) in [5.41, 5.74) is -1.00. The second-order valence-electron chi connectivity index (χ2n) is 5.23. The van der Waals surface area contributed by atoms with E-state index in [1.807, 2.05) is 0 Å². The van der Waals surface area contributed by atoms with Gasteiger partial charge in [-0.1, -0.05) is 35.3 Å². The zero-order valence-corrected chi connectivity index (χ0v) is 15.5. The van der Waals surface area contributed by atoms with Crippen molar-refractivity contribution in [3.05, 3.63) is 60.8 Å². The van der Waals surface area contributed by atoms with Crippen LogP contribution in [0.15, 0.2) is 38.9 Å². The summed E-state index contributed by atoms with van der Waals surface area (Å²) in [6, 6.07) is 4.87. The summed E-state index contributed by atoms with van der Waals surface area (Å²) in [5.74, 6) is 0. The number of rotatable bonds is 4. The lowest BCUT2D eigenvalue weighted by molar-refractivity contribution is 0.462. The molecule has 0 aliphatic carbocycles. The van der Waals surface area contributed by atoms with Crippen LogP contribution in [0.5, 0.6) is 0 Å². The predicted molar refractivity (Wildman–Crippen MR) is 92.0 cm³/mol. The number of benzene rings is 1. The van der Waals surface area contributed by atoms with Gasteiger partial charge in [0, 0.05) is 33.9 Å². The highest BCUT2D eigenvalue weighted by Gasteiger charge is 2.27. The summed E-state index contributed by atoms with van der Waals surface area (Å²) in [5, 5.41) is 0.549. The number of sulfonamides is 1. The topological polar surface area (TPSA) is 81.4 Å².